The molecule has 0 bridgehead atoms. The van der Waals surface area contributed by atoms with Gasteiger partial charge in [0.2, 0.25) is 0 Å². The minimum Gasteiger partial charge on any atom is -0.508 e. The predicted octanol–water partition coefficient (Wildman–Crippen LogP) is 5.35. The maximum absolute atomic E-state index is 12.4. The van der Waals surface area contributed by atoms with Crippen molar-refractivity contribution in [2.24, 2.45) is 0 Å². The molecule has 0 spiro atoms. The van der Waals surface area contributed by atoms with Gasteiger partial charge in [-0.15, -0.1) is 0 Å². The third kappa shape index (κ3) is 5.13. The summed E-state index contributed by atoms with van der Waals surface area (Å²) < 4.78 is 5.78. The average molecular weight is 367 g/mol. The van der Waals surface area contributed by atoms with E-state index in [4.69, 9.17) is 10.5 Å². The molecule has 0 saturated carbocycles. The molecule has 0 saturated heterocycles. The van der Waals surface area contributed by atoms with Crippen LogP contribution in [0, 0.1) is 0 Å². The number of hydrogen-bond acceptors (Lipinski definition) is 4. The molecule has 0 fully saturated rings. The summed E-state index contributed by atoms with van der Waals surface area (Å²) >= 11 is 0. The zero-order chi connectivity index (χ0) is 20.0. The molecule has 0 aromatic heterocycles. The van der Waals surface area contributed by atoms with Gasteiger partial charge < -0.3 is 15.6 Å². The Morgan fingerprint density at radius 2 is 1.85 bits per heavy atom. The summed E-state index contributed by atoms with van der Waals surface area (Å²) in [4.78, 5) is 12.4. The fourth-order valence-electron chi connectivity index (χ4n) is 2.69. The summed E-state index contributed by atoms with van der Waals surface area (Å²) in [5, 5.41) is 10.5. The van der Waals surface area contributed by atoms with Crippen molar-refractivity contribution in [1.29, 1.82) is 0 Å². The molecule has 0 heterocycles. The number of hydrogen-bond donors (Lipinski definition) is 2. The fraction of sp³-hybridized carbons (Fsp3) is 0.348. The second-order valence-electron chi connectivity index (χ2n) is 7.31. The fourth-order valence-corrected chi connectivity index (χ4v) is 2.69. The highest BCUT2D eigenvalue weighted by atomic mass is 16.5. The Hall–Kier alpha value is -2.75. The first-order chi connectivity index (χ1) is 12.8. The van der Waals surface area contributed by atoms with Crippen LogP contribution in [-0.2, 0) is 5.41 Å². The topological polar surface area (TPSA) is 72.5 Å². The normalized spacial score (nSPS) is 11.7. The number of nitrogens with two attached hydrogens (primary N) is 1. The van der Waals surface area contributed by atoms with Crippen LogP contribution in [0.25, 0.3) is 6.08 Å². The first-order valence-corrected chi connectivity index (χ1v) is 9.36. The van der Waals surface area contributed by atoms with E-state index in [1.807, 2.05) is 13.0 Å². The third-order valence-electron chi connectivity index (χ3n) is 4.81. The second-order valence-corrected chi connectivity index (χ2v) is 7.31. The molecule has 27 heavy (non-hydrogen) atoms. The first kappa shape index (κ1) is 20.6. The zero-order valence-electron chi connectivity index (χ0n) is 16.6. The Morgan fingerprint density at radius 1 is 1.19 bits per heavy atom. The molecular weight excluding hydrogens is 338 g/mol. The Bertz CT molecular complexity index is 820. The van der Waals surface area contributed by atoms with Gasteiger partial charge in [-0.3, -0.25) is 4.79 Å². The minimum absolute atomic E-state index is 0.110. The molecule has 0 aliphatic carbocycles. The van der Waals surface area contributed by atoms with Gasteiger partial charge in [0.1, 0.15) is 11.5 Å². The van der Waals surface area contributed by atoms with Crippen molar-refractivity contribution in [1.82, 2.24) is 0 Å². The first-order valence-electron chi connectivity index (χ1n) is 9.36. The van der Waals surface area contributed by atoms with Crippen LogP contribution in [-0.4, -0.2) is 17.5 Å². The highest BCUT2D eigenvalue weighted by molar-refractivity contribution is 6.07. The number of ketones is 1. The van der Waals surface area contributed by atoms with E-state index in [-0.39, 0.29) is 16.9 Å². The van der Waals surface area contributed by atoms with Crippen LogP contribution < -0.4 is 10.5 Å². The number of benzene rings is 2. The van der Waals surface area contributed by atoms with Gasteiger partial charge in [-0.2, -0.15) is 0 Å². The number of phenols is 1. The largest absolute Gasteiger partial charge is 0.508 e. The summed E-state index contributed by atoms with van der Waals surface area (Å²) in [6.07, 6.45) is 5.01. The molecule has 4 heteroatoms. The Labute approximate surface area is 161 Å². The van der Waals surface area contributed by atoms with Crippen LogP contribution in [0.1, 0.15) is 62.0 Å². The summed E-state index contributed by atoms with van der Waals surface area (Å²) in [5.41, 5.74) is 8.30. The van der Waals surface area contributed by atoms with Crippen molar-refractivity contribution >= 4 is 17.5 Å². The molecule has 2 aromatic carbocycles. The van der Waals surface area contributed by atoms with Gasteiger partial charge in [0.15, 0.2) is 5.78 Å². The number of nitrogen functional groups attached to an aromatic ring is 1. The van der Waals surface area contributed by atoms with E-state index in [1.54, 1.807) is 36.4 Å². The molecule has 0 atom stereocenters. The van der Waals surface area contributed by atoms with E-state index in [0.29, 0.717) is 23.6 Å². The van der Waals surface area contributed by atoms with Crippen molar-refractivity contribution in [3.8, 4) is 11.5 Å². The van der Waals surface area contributed by atoms with E-state index in [1.165, 1.54) is 6.08 Å². The van der Waals surface area contributed by atoms with E-state index >= 15 is 0 Å². The number of carbonyl (C=O) groups is 1. The number of ether oxygens (including phenoxy) is 1. The van der Waals surface area contributed by atoms with Crippen molar-refractivity contribution in [2.45, 2.75) is 46.0 Å². The van der Waals surface area contributed by atoms with Gasteiger partial charge in [-0.1, -0.05) is 27.7 Å². The highest BCUT2D eigenvalue weighted by Gasteiger charge is 2.23. The SMILES string of the molecule is CCCOc1cc(O)c(C(C)(C)CC)cc1/C=C/C(=O)c1ccc(N)cc1. The molecule has 0 aliphatic rings. The van der Waals surface area contributed by atoms with Crippen molar-refractivity contribution in [3.63, 3.8) is 0 Å². The number of carbonyl (C=O) groups excluding carboxylic acids is 1. The quantitative estimate of drug-likeness (QED) is 0.375. The molecule has 4 nitrogen and oxygen atoms in total. The van der Waals surface area contributed by atoms with Crippen LogP contribution in [0.4, 0.5) is 5.69 Å². The summed E-state index contributed by atoms with van der Waals surface area (Å²) in [7, 11) is 0. The highest BCUT2D eigenvalue weighted by Crippen LogP contribution is 2.38. The van der Waals surface area contributed by atoms with Crippen LogP contribution in [0.3, 0.4) is 0 Å². The molecule has 3 N–H and O–H groups in total. The van der Waals surface area contributed by atoms with Crippen LogP contribution in [0.15, 0.2) is 42.5 Å². The van der Waals surface area contributed by atoms with Gasteiger partial charge in [0, 0.05) is 28.4 Å². The van der Waals surface area contributed by atoms with Gasteiger partial charge in [-0.05, 0) is 60.7 Å². The van der Waals surface area contributed by atoms with Crippen LogP contribution in [0.2, 0.25) is 0 Å². The molecule has 2 aromatic rings. The third-order valence-corrected chi connectivity index (χ3v) is 4.81. The minimum atomic E-state index is -0.184. The molecule has 0 aliphatic heterocycles. The van der Waals surface area contributed by atoms with E-state index in [2.05, 4.69) is 20.8 Å². The molecule has 0 radical (unpaired) electrons. The molecule has 144 valence electrons. The maximum Gasteiger partial charge on any atom is 0.185 e. The number of aromatic hydroxyl groups is 1. The molecule has 0 unspecified atom stereocenters. The second kappa shape index (κ2) is 8.76. The average Bonchev–Trinajstić information content (AvgIpc) is 2.65. The van der Waals surface area contributed by atoms with Crippen molar-refractivity contribution in [2.75, 3.05) is 12.3 Å². The Morgan fingerprint density at radius 3 is 2.44 bits per heavy atom. The molecular formula is C23H29NO3. The monoisotopic (exact) mass is 367 g/mol. The maximum atomic E-state index is 12.4. The van der Waals surface area contributed by atoms with Crippen LogP contribution in [0.5, 0.6) is 11.5 Å². The number of allylic oxidation sites excluding steroid dienone is 1. The van der Waals surface area contributed by atoms with E-state index in [0.717, 1.165) is 24.0 Å². The van der Waals surface area contributed by atoms with Gasteiger partial charge >= 0.3 is 0 Å². The lowest BCUT2D eigenvalue weighted by molar-refractivity contribution is 0.104. The summed E-state index contributed by atoms with van der Waals surface area (Å²) in [6, 6.07) is 10.4. The van der Waals surface area contributed by atoms with Gasteiger partial charge in [0.05, 0.1) is 6.61 Å². The van der Waals surface area contributed by atoms with Gasteiger partial charge in [0.25, 0.3) is 0 Å². The lowest BCUT2D eigenvalue weighted by Crippen LogP contribution is -2.16. The molecule has 0 amide bonds. The van der Waals surface area contributed by atoms with E-state index < -0.39 is 0 Å². The lowest BCUT2D eigenvalue weighted by atomic mass is 9.81. The number of phenolic OH excluding ortho intramolecular Hbond substituents is 1. The Kier molecular flexibility index (Phi) is 6.67. The Balaban J connectivity index is 2.40. The van der Waals surface area contributed by atoms with E-state index in [9.17, 15) is 9.90 Å². The molecule has 2 rings (SSSR count). The summed E-state index contributed by atoms with van der Waals surface area (Å²) in [5.74, 6) is 0.683. The van der Waals surface area contributed by atoms with Gasteiger partial charge in [-0.25, -0.2) is 0 Å². The van der Waals surface area contributed by atoms with Crippen molar-refractivity contribution < 1.29 is 14.6 Å². The smallest absolute Gasteiger partial charge is 0.185 e. The number of rotatable bonds is 8. The summed E-state index contributed by atoms with van der Waals surface area (Å²) in [6.45, 7) is 8.82. The van der Waals surface area contributed by atoms with Crippen LogP contribution >= 0.6 is 0 Å². The zero-order valence-corrected chi connectivity index (χ0v) is 16.6. The standard InChI is InChI=1S/C23H29NO3/c1-5-13-27-22-15-21(26)19(23(3,4)6-2)14-17(22)9-12-20(25)16-7-10-18(24)11-8-16/h7-12,14-15,26H,5-6,13,24H2,1-4H3/b12-9+. The number of anilines is 1. The predicted molar refractivity (Wildman–Crippen MR) is 111 cm³/mol. The van der Waals surface area contributed by atoms with Crippen molar-refractivity contribution in [3.05, 3.63) is 59.2 Å². The lowest BCUT2D eigenvalue weighted by Gasteiger charge is -2.25.